The van der Waals surface area contributed by atoms with Crippen LogP contribution in [0.5, 0.6) is 5.75 Å². The number of unbranched alkanes of at least 4 members (excludes halogenated alkanes) is 19. The van der Waals surface area contributed by atoms with Crippen LogP contribution in [-0.4, -0.2) is 81.1 Å². The number of likely N-dealkylation sites (tertiary alicyclic amines) is 1. The second-order valence-electron chi connectivity index (χ2n) is 18.0. The van der Waals surface area contributed by atoms with Crippen molar-refractivity contribution in [1.29, 1.82) is 0 Å². The molecule has 1 heterocycles. The van der Waals surface area contributed by atoms with Crippen molar-refractivity contribution < 1.29 is 23.9 Å². The molecule has 8 nitrogen and oxygen atoms in total. The van der Waals surface area contributed by atoms with Gasteiger partial charge in [0.2, 0.25) is 11.8 Å². The number of esters is 1. The first-order valence-electron chi connectivity index (χ1n) is 24.8. The topological polar surface area (TPSA) is 88.2 Å². The van der Waals surface area contributed by atoms with Crippen molar-refractivity contribution in [1.82, 2.24) is 15.1 Å². The maximum atomic E-state index is 14.6. The van der Waals surface area contributed by atoms with Crippen molar-refractivity contribution in [2.24, 2.45) is 11.8 Å². The average molecular weight is 826 g/mol. The Balaban J connectivity index is 2.19. The Morgan fingerprint density at radius 3 is 1.69 bits per heavy atom. The molecule has 1 aromatic carbocycles. The van der Waals surface area contributed by atoms with Crippen LogP contribution >= 0.6 is 0 Å². The van der Waals surface area contributed by atoms with Crippen LogP contribution in [0.3, 0.4) is 0 Å². The van der Waals surface area contributed by atoms with Crippen molar-refractivity contribution in [3.8, 4) is 5.75 Å². The van der Waals surface area contributed by atoms with E-state index < -0.39 is 6.04 Å². The summed E-state index contributed by atoms with van der Waals surface area (Å²) >= 11 is 0. The second kappa shape index (κ2) is 35.0. The van der Waals surface area contributed by atoms with Gasteiger partial charge in [-0.2, -0.15) is 0 Å². The Labute approximate surface area is 363 Å². The van der Waals surface area contributed by atoms with E-state index in [4.69, 9.17) is 9.47 Å². The molecule has 0 aromatic heterocycles. The molecule has 0 spiro atoms. The highest BCUT2D eigenvalue weighted by Gasteiger charge is 2.34. The predicted octanol–water partition coefficient (Wildman–Crippen LogP) is 12.3. The van der Waals surface area contributed by atoms with Crippen LogP contribution in [0, 0.1) is 11.8 Å². The molecule has 340 valence electrons. The number of rotatable bonds is 37. The molecule has 0 bridgehead atoms. The van der Waals surface area contributed by atoms with E-state index in [1.807, 2.05) is 12.1 Å². The third-order valence-electron chi connectivity index (χ3n) is 12.9. The van der Waals surface area contributed by atoms with E-state index in [1.54, 1.807) is 7.11 Å². The molecule has 0 radical (unpaired) electrons. The molecule has 1 saturated heterocycles. The Bertz CT molecular complexity index is 1180. The lowest BCUT2D eigenvalue weighted by molar-refractivity contribution is -0.142. The molecular weight excluding hydrogens is 735 g/mol. The predicted molar refractivity (Wildman–Crippen MR) is 247 cm³/mol. The van der Waals surface area contributed by atoms with Gasteiger partial charge in [0.15, 0.2) is 0 Å². The maximum Gasteiger partial charge on any atom is 0.305 e. The number of benzene rings is 1. The summed E-state index contributed by atoms with van der Waals surface area (Å²) in [5, 5.41) is 3.33. The van der Waals surface area contributed by atoms with Crippen molar-refractivity contribution in [3.05, 3.63) is 29.8 Å². The number of nitrogens with zero attached hydrogens (tertiary/aromatic N) is 2. The zero-order chi connectivity index (χ0) is 42.8. The monoisotopic (exact) mass is 826 g/mol. The van der Waals surface area contributed by atoms with Gasteiger partial charge in [-0.1, -0.05) is 154 Å². The van der Waals surface area contributed by atoms with Gasteiger partial charge in [-0.25, -0.2) is 0 Å². The van der Waals surface area contributed by atoms with Gasteiger partial charge in [-0.3, -0.25) is 14.4 Å². The number of piperidine rings is 1. The quantitative estimate of drug-likeness (QED) is 0.0531. The van der Waals surface area contributed by atoms with Gasteiger partial charge in [-0.15, -0.1) is 0 Å². The van der Waals surface area contributed by atoms with Crippen molar-refractivity contribution in [2.75, 3.05) is 47.4 Å². The third-order valence-corrected chi connectivity index (χ3v) is 12.9. The molecule has 2 rings (SSSR count). The van der Waals surface area contributed by atoms with E-state index in [9.17, 15) is 14.4 Å². The molecule has 59 heavy (non-hydrogen) atoms. The van der Waals surface area contributed by atoms with Crippen LogP contribution in [0.2, 0.25) is 0 Å². The van der Waals surface area contributed by atoms with Crippen LogP contribution in [0.4, 0.5) is 0 Å². The van der Waals surface area contributed by atoms with Crippen molar-refractivity contribution >= 4 is 17.8 Å². The minimum absolute atomic E-state index is 0.0309. The smallest absolute Gasteiger partial charge is 0.305 e. The molecule has 0 aliphatic carbocycles. The highest BCUT2D eigenvalue weighted by molar-refractivity contribution is 5.87. The number of hydrogen-bond donors (Lipinski definition) is 1. The summed E-state index contributed by atoms with van der Waals surface area (Å²) in [7, 11) is 5.33. The third kappa shape index (κ3) is 25.7. The van der Waals surface area contributed by atoms with Gasteiger partial charge in [0.1, 0.15) is 11.8 Å². The summed E-state index contributed by atoms with van der Waals surface area (Å²) in [6.07, 6.45) is 33.5. The Kier molecular flexibility index (Phi) is 31.2. The highest BCUT2D eigenvalue weighted by atomic mass is 16.5. The molecular formula is C51H91N3O5. The summed E-state index contributed by atoms with van der Waals surface area (Å²) in [4.78, 5) is 45.0. The van der Waals surface area contributed by atoms with E-state index in [-0.39, 0.29) is 17.8 Å². The van der Waals surface area contributed by atoms with Crippen LogP contribution in [0.25, 0.3) is 0 Å². The largest absolute Gasteiger partial charge is 0.497 e. The van der Waals surface area contributed by atoms with Crippen LogP contribution in [-0.2, 0) is 25.5 Å². The lowest BCUT2D eigenvalue weighted by Crippen LogP contribution is -2.52. The number of nitrogens with one attached hydrogen (secondary N) is 1. The van der Waals surface area contributed by atoms with E-state index in [0.717, 1.165) is 114 Å². The molecule has 1 fully saturated rings. The molecule has 1 N–H and O–H groups in total. The summed E-state index contributed by atoms with van der Waals surface area (Å²) in [6.45, 7) is 7.92. The Hall–Kier alpha value is -2.61. The number of amides is 2. The van der Waals surface area contributed by atoms with E-state index in [1.165, 1.54) is 97.0 Å². The fraction of sp³-hybridized carbons (Fsp3) is 0.824. The summed E-state index contributed by atoms with van der Waals surface area (Å²) < 4.78 is 10.1. The number of hydrogen-bond acceptors (Lipinski definition) is 6. The lowest BCUT2D eigenvalue weighted by atomic mass is 9.88. The molecule has 1 aliphatic rings. The Morgan fingerprint density at radius 2 is 1.19 bits per heavy atom. The molecule has 2 atom stereocenters. The molecule has 1 aliphatic heterocycles. The second-order valence-corrected chi connectivity index (χ2v) is 18.0. The van der Waals surface area contributed by atoms with Crippen LogP contribution in [0.1, 0.15) is 206 Å². The van der Waals surface area contributed by atoms with Gasteiger partial charge in [0, 0.05) is 25.9 Å². The first kappa shape index (κ1) is 52.5. The number of carbonyl (C=O) groups excluding carboxylic acids is 3. The van der Waals surface area contributed by atoms with Crippen molar-refractivity contribution in [3.63, 3.8) is 0 Å². The van der Waals surface area contributed by atoms with Gasteiger partial charge in [0.25, 0.3) is 0 Å². The van der Waals surface area contributed by atoms with Crippen LogP contribution in [0.15, 0.2) is 24.3 Å². The molecule has 2 amide bonds. The molecule has 1 aromatic rings. The summed E-state index contributed by atoms with van der Waals surface area (Å²) in [5.41, 5.74) is 1.16. The number of methoxy groups -OCH3 is 2. The molecule has 8 heteroatoms. The van der Waals surface area contributed by atoms with E-state index >= 15 is 0 Å². The number of carbonyl (C=O) groups is 3. The summed E-state index contributed by atoms with van der Waals surface area (Å²) in [6, 6.07) is 7.66. The van der Waals surface area contributed by atoms with Gasteiger partial charge in [0.05, 0.1) is 14.2 Å². The van der Waals surface area contributed by atoms with E-state index in [2.05, 4.69) is 48.1 Å². The normalized spacial score (nSPS) is 14.5. The first-order valence-corrected chi connectivity index (χ1v) is 24.8. The fourth-order valence-corrected chi connectivity index (χ4v) is 8.87. The Morgan fingerprint density at radius 1 is 0.695 bits per heavy atom. The summed E-state index contributed by atoms with van der Waals surface area (Å²) in [5.74, 6) is 1.79. The minimum atomic E-state index is -0.428. The molecule has 2 unspecified atom stereocenters. The lowest BCUT2D eigenvalue weighted by Gasteiger charge is -2.38. The highest BCUT2D eigenvalue weighted by Crippen LogP contribution is 2.28. The molecule has 0 saturated carbocycles. The van der Waals surface area contributed by atoms with Crippen LogP contribution < -0.4 is 10.1 Å². The minimum Gasteiger partial charge on any atom is -0.497 e. The fourth-order valence-electron chi connectivity index (χ4n) is 8.87. The first-order chi connectivity index (χ1) is 28.8. The average Bonchev–Trinajstić information content (AvgIpc) is 3.25. The van der Waals surface area contributed by atoms with Gasteiger partial charge >= 0.3 is 5.97 Å². The van der Waals surface area contributed by atoms with Gasteiger partial charge in [-0.05, 0) is 101 Å². The van der Waals surface area contributed by atoms with E-state index in [0.29, 0.717) is 37.8 Å². The van der Waals surface area contributed by atoms with Crippen molar-refractivity contribution in [2.45, 2.75) is 213 Å². The zero-order valence-electron chi connectivity index (χ0n) is 39.0. The SMILES string of the molecule is CCCCCCCCCCC(CCCCCCCC)CN(C(=O)CCCCCCCCCCC(=O)OC)C(CC1CCN(C)CC1)C(=O)NCCc1ccc(OC)cc1. The zero-order valence-corrected chi connectivity index (χ0v) is 39.0. The number of ether oxygens (including phenoxy) is 2. The standard InChI is InChI=1S/C51H91N3O5/c1-6-8-10-12-14-17-21-25-29-46(28-24-20-13-11-9-7-2)43-54(49(55)30-26-22-18-15-16-19-23-27-31-50(56)59-5)48(42-45-37-40-53(3)41-38-45)51(57)52-39-36-44-32-34-47(58-4)35-33-44/h32-35,45-46,48H,6-31,36-43H2,1-5H3,(H,52,57). The maximum absolute atomic E-state index is 14.6. The van der Waals surface area contributed by atoms with Gasteiger partial charge < -0.3 is 24.6 Å².